The fraction of sp³-hybridized carbons (Fsp3) is 0.308. The molecule has 1 N–H and O–H groups in total. The minimum atomic E-state index is -4.71. The Bertz CT molecular complexity index is 1390. The average Bonchev–Trinajstić information content (AvgIpc) is 2.84. The number of ether oxygens (including phenoxy) is 1. The van der Waals surface area contributed by atoms with Gasteiger partial charge in [-0.1, -0.05) is 24.1 Å². The highest BCUT2D eigenvalue weighted by molar-refractivity contribution is 7.96. The van der Waals surface area contributed by atoms with Crippen LogP contribution in [0.1, 0.15) is 26.3 Å². The van der Waals surface area contributed by atoms with E-state index < -0.39 is 38.3 Å². The largest absolute Gasteiger partial charge is 0.489 e. The molecule has 1 heterocycles. The van der Waals surface area contributed by atoms with Crippen molar-refractivity contribution >= 4 is 27.7 Å². The number of anilines is 1. The van der Waals surface area contributed by atoms with E-state index >= 15 is 0 Å². The van der Waals surface area contributed by atoms with Crippen molar-refractivity contribution in [3.05, 3.63) is 77.9 Å². The zero-order valence-corrected chi connectivity index (χ0v) is 22.7. The maximum Gasteiger partial charge on any atom is 0.416 e. The Balaban J connectivity index is 0.000000505. The molecule has 1 aliphatic heterocycles. The summed E-state index contributed by atoms with van der Waals surface area (Å²) in [6, 6.07) is 10.4. The maximum atomic E-state index is 14.2. The molecule has 206 valence electrons. The van der Waals surface area contributed by atoms with E-state index in [0.717, 1.165) is 40.7 Å². The van der Waals surface area contributed by atoms with Crippen molar-refractivity contribution in [2.75, 3.05) is 23.7 Å². The molecular formula is C26H27F5N2O3S2. The Hall–Kier alpha value is -2.83. The maximum absolute atomic E-state index is 14.2. The Labute approximate surface area is 223 Å². The number of benzene rings is 3. The summed E-state index contributed by atoms with van der Waals surface area (Å²) in [5.41, 5.74) is -0.725. The van der Waals surface area contributed by atoms with E-state index in [2.05, 4.69) is 25.5 Å². The van der Waals surface area contributed by atoms with Gasteiger partial charge in [0.2, 0.25) is 0 Å². The van der Waals surface area contributed by atoms with E-state index in [1.54, 1.807) is 11.9 Å². The van der Waals surface area contributed by atoms with Crippen LogP contribution in [0.15, 0.2) is 65.6 Å². The number of fused-ring (bicyclic) bond motifs is 1. The fourth-order valence-electron chi connectivity index (χ4n) is 3.60. The van der Waals surface area contributed by atoms with Gasteiger partial charge < -0.3 is 4.74 Å². The third-order valence-electron chi connectivity index (χ3n) is 5.18. The smallest absolute Gasteiger partial charge is 0.416 e. The van der Waals surface area contributed by atoms with Crippen LogP contribution in [0.3, 0.4) is 0 Å². The molecule has 0 atom stereocenters. The fourth-order valence-corrected chi connectivity index (χ4v) is 5.71. The van der Waals surface area contributed by atoms with Crippen LogP contribution in [0.4, 0.5) is 27.6 Å². The van der Waals surface area contributed by atoms with Crippen molar-refractivity contribution in [1.29, 1.82) is 0 Å². The van der Waals surface area contributed by atoms with Crippen LogP contribution in [0, 0.1) is 11.6 Å². The summed E-state index contributed by atoms with van der Waals surface area (Å²) in [7, 11) is -4.39. The van der Waals surface area contributed by atoms with Crippen LogP contribution < -0.4 is 13.8 Å². The number of hydrogen-bond donors (Lipinski definition) is 1. The minimum Gasteiger partial charge on any atom is -0.489 e. The number of halogens is 5. The quantitative estimate of drug-likeness (QED) is 0.272. The molecule has 38 heavy (non-hydrogen) atoms. The molecular weight excluding hydrogens is 547 g/mol. The number of nitrogens with zero attached hydrogens (tertiary/aromatic N) is 1. The van der Waals surface area contributed by atoms with Crippen LogP contribution in [-0.4, -0.2) is 33.4 Å². The number of hydrogen-bond acceptors (Lipinski definition) is 5. The first-order valence-electron chi connectivity index (χ1n) is 11.4. The lowest BCUT2D eigenvalue weighted by Gasteiger charge is -2.31. The van der Waals surface area contributed by atoms with Crippen LogP contribution in [0.25, 0.3) is 11.1 Å². The molecule has 0 saturated carbocycles. The molecule has 0 saturated heterocycles. The van der Waals surface area contributed by atoms with Crippen molar-refractivity contribution in [1.82, 2.24) is 4.72 Å². The van der Waals surface area contributed by atoms with Crippen molar-refractivity contribution in [3.8, 4) is 16.9 Å². The van der Waals surface area contributed by atoms with E-state index in [1.807, 2.05) is 6.26 Å². The molecule has 0 unspecified atom stereocenters. The van der Waals surface area contributed by atoms with Crippen LogP contribution in [0.2, 0.25) is 0 Å². The minimum absolute atomic E-state index is 0.0184. The second-order valence-corrected chi connectivity index (χ2v) is 11.8. The Morgan fingerprint density at radius 3 is 2.29 bits per heavy atom. The second-order valence-electron chi connectivity index (χ2n) is 9.31. The van der Waals surface area contributed by atoms with Gasteiger partial charge in [0.05, 0.1) is 22.7 Å². The van der Waals surface area contributed by atoms with Gasteiger partial charge >= 0.3 is 6.18 Å². The van der Waals surface area contributed by atoms with Crippen molar-refractivity contribution in [3.63, 3.8) is 0 Å². The molecule has 0 spiro atoms. The van der Waals surface area contributed by atoms with Gasteiger partial charge in [0.25, 0.3) is 10.0 Å². The molecule has 1 aliphatic rings. The summed E-state index contributed by atoms with van der Waals surface area (Å²) >= 11 is 1.66. The molecule has 0 aromatic heterocycles. The normalized spacial score (nSPS) is 13.8. The second kappa shape index (κ2) is 11.5. The van der Waals surface area contributed by atoms with Gasteiger partial charge in [-0.05, 0) is 81.1 Å². The predicted molar refractivity (Wildman–Crippen MR) is 140 cm³/mol. The summed E-state index contributed by atoms with van der Waals surface area (Å²) in [6.45, 7) is 6.23. The summed E-state index contributed by atoms with van der Waals surface area (Å²) < 4.78 is 103. The van der Waals surface area contributed by atoms with E-state index in [1.165, 1.54) is 18.2 Å². The molecule has 5 nitrogen and oxygen atoms in total. The first kappa shape index (κ1) is 29.7. The number of alkyl halides is 3. The molecule has 0 fully saturated rings. The number of nitrogens with one attached hydrogen (secondary N) is 1. The summed E-state index contributed by atoms with van der Waals surface area (Å²) in [4.78, 5) is -0.544. The SMILES string of the molecule is CSNC(C)(C)C.O=S(=O)(c1cccc(C(F)(F)F)c1)N1CCOc2ccc(-c3cc(F)ccc3F)cc21. The molecule has 0 aliphatic carbocycles. The van der Waals surface area contributed by atoms with Gasteiger partial charge in [-0.2, -0.15) is 13.2 Å². The summed E-state index contributed by atoms with van der Waals surface area (Å²) in [5.74, 6) is -1.24. The van der Waals surface area contributed by atoms with Gasteiger partial charge in [0, 0.05) is 11.1 Å². The highest BCUT2D eigenvalue weighted by Crippen LogP contribution is 2.40. The summed E-state index contributed by atoms with van der Waals surface area (Å²) in [6.07, 6.45) is -2.68. The van der Waals surface area contributed by atoms with Crippen LogP contribution in [-0.2, 0) is 16.2 Å². The molecule has 0 radical (unpaired) electrons. The number of rotatable bonds is 4. The highest BCUT2D eigenvalue weighted by Gasteiger charge is 2.35. The predicted octanol–water partition coefficient (Wildman–Crippen LogP) is 6.89. The van der Waals surface area contributed by atoms with E-state index in [4.69, 9.17) is 4.74 Å². The van der Waals surface area contributed by atoms with Crippen molar-refractivity contribution in [2.45, 2.75) is 37.4 Å². The lowest BCUT2D eigenvalue weighted by atomic mass is 10.0. The van der Waals surface area contributed by atoms with Crippen molar-refractivity contribution in [2.24, 2.45) is 0 Å². The number of sulfonamides is 1. The zero-order valence-electron chi connectivity index (χ0n) is 21.1. The monoisotopic (exact) mass is 574 g/mol. The van der Waals surface area contributed by atoms with Gasteiger partial charge in [0.1, 0.15) is 24.0 Å². The standard InChI is InChI=1S/C21H14F5NO3S.C5H13NS/c22-15-5-6-18(23)17(12-15)13-4-7-20-19(10-13)27(8-9-30-20)31(28,29)16-3-1-2-14(11-16)21(24,25)26;1-5(2,3)6-7-4/h1-7,10-12H,8-9H2;6H,1-4H3. The van der Waals surface area contributed by atoms with Crippen LogP contribution >= 0.6 is 11.9 Å². The van der Waals surface area contributed by atoms with Gasteiger partial charge in [-0.15, -0.1) is 0 Å². The third-order valence-corrected chi connectivity index (χ3v) is 7.80. The zero-order chi connectivity index (χ0) is 28.3. The van der Waals surface area contributed by atoms with E-state index in [0.29, 0.717) is 6.07 Å². The van der Waals surface area contributed by atoms with Gasteiger partial charge in [-0.25, -0.2) is 17.2 Å². The Morgan fingerprint density at radius 2 is 1.68 bits per heavy atom. The molecule has 12 heteroatoms. The lowest BCUT2D eigenvalue weighted by molar-refractivity contribution is -0.137. The highest BCUT2D eigenvalue weighted by atomic mass is 32.2. The van der Waals surface area contributed by atoms with Crippen molar-refractivity contribution < 1.29 is 35.1 Å². The third kappa shape index (κ3) is 7.17. The topological polar surface area (TPSA) is 58.6 Å². The molecule has 0 amide bonds. The molecule has 3 aromatic rings. The average molecular weight is 575 g/mol. The summed E-state index contributed by atoms with van der Waals surface area (Å²) in [5, 5.41) is 0. The van der Waals surface area contributed by atoms with Crippen LogP contribution in [0.5, 0.6) is 5.75 Å². The van der Waals surface area contributed by atoms with E-state index in [-0.39, 0.29) is 41.3 Å². The Morgan fingerprint density at radius 1 is 0.974 bits per heavy atom. The molecule has 3 aromatic carbocycles. The van der Waals surface area contributed by atoms with Gasteiger partial charge in [-0.3, -0.25) is 9.03 Å². The molecule has 0 bridgehead atoms. The Kier molecular flexibility index (Phi) is 9.00. The van der Waals surface area contributed by atoms with Gasteiger partial charge in [0.15, 0.2) is 0 Å². The molecule has 4 rings (SSSR count). The van der Waals surface area contributed by atoms with E-state index in [9.17, 15) is 30.4 Å². The lowest BCUT2D eigenvalue weighted by Crippen LogP contribution is -2.38. The first-order valence-corrected chi connectivity index (χ1v) is 14.0. The first-order chi connectivity index (χ1) is 17.6.